The van der Waals surface area contributed by atoms with E-state index in [0.717, 1.165) is 0 Å². The van der Waals surface area contributed by atoms with E-state index >= 15 is 0 Å². The van der Waals surface area contributed by atoms with Crippen LogP contribution in [0.4, 0.5) is 5.69 Å². The van der Waals surface area contributed by atoms with Crippen molar-refractivity contribution in [3.63, 3.8) is 0 Å². The molecule has 0 saturated carbocycles. The number of fused-ring (bicyclic) bond motifs is 1. The minimum atomic E-state index is 0.323. The highest BCUT2D eigenvalue weighted by molar-refractivity contribution is 6.69. The van der Waals surface area contributed by atoms with Crippen molar-refractivity contribution in [1.29, 1.82) is 0 Å². The molecule has 0 aromatic heterocycles. The second-order valence-corrected chi connectivity index (χ2v) is 4.37. The van der Waals surface area contributed by atoms with E-state index in [1.165, 1.54) is 0 Å². The first-order chi connectivity index (χ1) is 7.56. The lowest BCUT2D eigenvalue weighted by Crippen LogP contribution is -2.13. The van der Waals surface area contributed by atoms with Gasteiger partial charge < -0.3 is 9.64 Å². The zero-order valence-corrected chi connectivity index (χ0v) is 10.4. The number of hydrogen-bond donors (Lipinski definition) is 0. The topological polar surface area (TPSA) is 24.8 Å². The number of allylic oxidation sites excluding steroid dienone is 1. The van der Waals surface area contributed by atoms with Gasteiger partial charge in [0, 0.05) is 25.3 Å². The molecule has 0 radical (unpaired) electrons. The van der Waals surface area contributed by atoms with E-state index in [1.54, 1.807) is 24.4 Å². The van der Waals surface area contributed by atoms with Crippen LogP contribution in [0, 0.1) is 0 Å². The Kier molecular flexibility index (Phi) is 3.08. The molecule has 1 aromatic carbocycles. The normalized spacial score (nSPS) is 16.5. The third-order valence-corrected chi connectivity index (χ3v) is 2.44. The van der Waals surface area contributed by atoms with E-state index in [9.17, 15) is 0 Å². The fraction of sp³-hybridized carbons (Fsp3) is 0.182. The zero-order valence-electron chi connectivity index (χ0n) is 8.87. The van der Waals surface area contributed by atoms with Crippen LogP contribution in [0.25, 0.3) is 0 Å². The standard InChI is InChI=1S/C11H10Cl2N2O/c1-15(2)6-10-11(13)14-8-5-7(12)3-4-9(8)16-10/h3-6H,1-2H3/b10-6-. The first-order valence-corrected chi connectivity index (χ1v) is 5.42. The third kappa shape index (κ3) is 2.31. The maximum atomic E-state index is 5.99. The van der Waals surface area contributed by atoms with Gasteiger partial charge in [-0.15, -0.1) is 0 Å². The number of aliphatic imine (C=N–C) groups is 1. The molecular weight excluding hydrogens is 247 g/mol. The van der Waals surface area contributed by atoms with E-state index in [4.69, 9.17) is 27.9 Å². The summed E-state index contributed by atoms with van der Waals surface area (Å²) >= 11 is 11.8. The summed E-state index contributed by atoms with van der Waals surface area (Å²) in [7, 11) is 3.77. The predicted molar refractivity (Wildman–Crippen MR) is 66.8 cm³/mol. The van der Waals surface area contributed by atoms with Crippen molar-refractivity contribution in [2.75, 3.05) is 14.1 Å². The van der Waals surface area contributed by atoms with Crippen molar-refractivity contribution in [3.05, 3.63) is 35.2 Å². The quantitative estimate of drug-likeness (QED) is 0.770. The van der Waals surface area contributed by atoms with Crippen LogP contribution in [0.3, 0.4) is 0 Å². The van der Waals surface area contributed by atoms with Crippen LogP contribution in [-0.2, 0) is 0 Å². The lowest BCUT2D eigenvalue weighted by atomic mass is 10.3. The van der Waals surface area contributed by atoms with Crippen molar-refractivity contribution < 1.29 is 4.74 Å². The lowest BCUT2D eigenvalue weighted by molar-refractivity contribution is 0.428. The van der Waals surface area contributed by atoms with Crippen LogP contribution in [0.1, 0.15) is 0 Å². The molecule has 0 unspecified atom stereocenters. The molecule has 1 aromatic rings. The molecular formula is C11H10Cl2N2O. The minimum Gasteiger partial charge on any atom is -0.450 e. The second-order valence-electron chi connectivity index (χ2n) is 3.57. The number of ether oxygens (including phenoxy) is 1. The number of nitrogens with zero attached hydrogens (tertiary/aromatic N) is 2. The van der Waals surface area contributed by atoms with Crippen molar-refractivity contribution in [1.82, 2.24) is 4.90 Å². The van der Waals surface area contributed by atoms with Gasteiger partial charge in [0.25, 0.3) is 0 Å². The highest BCUT2D eigenvalue weighted by atomic mass is 35.5. The largest absolute Gasteiger partial charge is 0.450 e. The number of benzene rings is 1. The Morgan fingerprint density at radius 1 is 1.31 bits per heavy atom. The van der Waals surface area contributed by atoms with E-state index in [2.05, 4.69) is 4.99 Å². The van der Waals surface area contributed by atoms with Crippen molar-refractivity contribution >= 4 is 34.1 Å². The van der Waals surface area contributed by atoms with Gasteiger partial charge in [0.05, 0.1) is 0 Å². The Labute approximate surface area is 104 Å². The number of halogens is 2. The predicted octanol–water partition coefficient (Wildman–Crippen LogP) is 3.40. The number of rotatable bonds is 1. The molecule has 1 aliphatic heterocycles. The summed E-state index contributed by atoms with van der Waals surface area (Å²) in [5.41, 5.74) is 0.647. The highest BCUT2D eigenvalue weighted by Gasteiger charge is 2.17. The molecule has 0 aliphatic carbocycles. The Hall–Kier alpha value is -1.19. The van der Waals surface area contributed by atoms with Gasteiger partial charge in [-0.3, -0.25) is 0 Å². The van der Waals surface area contributed by atoms with E-state index in [0.29, 0.717) is 27.4 Å². The van der Waals surface area contributed by atoms with E-state index in [1.807, 2.05) is 19.0 Å². The monoisotopic (exact) mass is 256 g/mol. The highest BCUT2D eigenvalue weighted by Crippen LogP contribution is 2.36. The maximum Gasteiger partial charge on any atom is 0.180 e. The molecule has 0 spiro atoms. The Balaban J connectivity index is 2.42. The first kappa shape index (κ1) is 11.3. The van der Waals surface area contributed by atoms with Gasteiger partial charge in [-0.25, -0.2) is 4.99 Å². The number of hydrogen-bond acceptors (Lipinski definition) is 3. The van der Waals surface area contributed by atoms with Gasteiger partial charge in [0.1, 0.15) is 5.69 Å². The van der Waals surface area contributed by atoms with E-state index in [-0.39, 0.29) is 0 Å². The summed E-state index contributed by atoms with van der Waals surface area (Å²) in [5, 5.41) is 0.930. The van der Waals surface area contributed by atoms with Crippen LogP contribution in [-0.4, -0.2) is 24.2 Å². The maximum absolute atomic E-state index is 5.99. The van der Waals surface area contributed by atoms with Crippen LogP contribution in [0.5, 0.6) is 5.75 Å². The molecule has 0 atom stereocenters. The Morgan fingerprint density at radius 3 is 2.75 bits per heavy atom. The molecule has 16 heavy (non-hydrogen) atoms. The smallest absolute Gasteiger partial charge is 0.180 e. The average Bonchev–Trinajstić information content (AvgIpc) is 2.19. The van der Waals surface area contributed by atoms with Gasteiger partial charge in [-0.05, 0) is 18.2 Å². The Bertz CT molecular complexity index is 481. The fourth-order valence-corrected chi connectivity index (χ4v) is 1.64. The van der Waals surface area contributed by atoms with Gasteiger partial charge in [0.2, 0.25) is 0 Å². The van der Waals surface area contributed by atoms with Crippen molar-refractivity contribution in [2.24, 2.45) is 4.99 Å². The molecule has 84 valence electrons. The Morgan fingerprint density at radius 2 is 2.06 bits per heavy atom. The summed E-state index contributed by atoms with van der Waals surface area (Å²) in [6.45, 7) is 0. The van der Waals surface area contributed by atoms with Crippen LogP contribution < -0.4 is 4.74 Å². The molecule has 3 nitrogen and oxygen atoms in total. The zero-order chi connectivity index (χ0) is 11.7. The SMILES string of the molecule is CN(C)/C=C1\Oc2ccc(Cl)cc2N=C1Cl. The molecule has 0 fully saturated rings. The van der Waals surface area contributed by atoms with Crippen LogP contribution in [0.2, 0.25) is 5.02 Å². The van der Waals surface area contributed by atoms with Crippen molar-refractivity contribution in [3.8, 4) is 5.75 Å². The van der Waals surface area contributed by atoms with Crippen molar-refractivity contribution in [2.45, 2.75) is 0 Å². The fourth-order valence-electron chi connectivity index (χ4n) is 1.30. The molecule has 0 amide bonds. The molecule has 0 saturated heterocycles. The second kappa shape index (κ2) is 4.36. The van der Waals surface area contributed by atoms with Crippen LogP contribution in [0.15, 0.2) is 35.2 Å². The summed E-state index contributed by atoms with van der Waals surface area (Å²) in [6.07, 6.45) is 1.77. The first-order valence-electron chi connectivity index (χ1n) is 4.66. The molecule has 0 bridgehead atoms. The van der Waals surface area contributed by atoms with Gasteiger partial charge >= 0.3 is 0 Å². The lowest BCUT2D eigenvalue weighted by Gasteiger charge is -2.17. The summed E-state index contributed by atoms with van der Waals surface area (Å²) in [5.74, 6) is 1.18. The summed E-state index contributed by atoms with van der Waals surface area (Å²) in [6, 6.07) is 5.24. The van der Waals surface area contributed by atoms with Gasteiger partial charge in [0.15, 0.2) is 16.7 Å². The van der Waals surface area contributed by atoms with Crippen LogP contribution >= 0.6 is 23.2 Å². The van der Waals surface area contributed by atoms with Gasteiger partial charge in [-0.2, -0.15) is 0 Å². The summed E-state index contributed by atoms with van der Waals surface area (Å²) < 4.78 is 5.61. The van der Waals surface area contributed by atoms with Gasteiger partial charge in [-0.1, -0.05) is 23.2 Å². The molecule has 5 heteroatoms. The molecule has 1 aliphatic rings. The molecule has 0 N–H and O–H groups in total. The third-order valence-electron chi connectivity index (χ3n) is 1.94. The van der Waals surface area contributed by atoms with E-state index < -0.39 is 0 Å². The molecule has 2 rings (SSSR count). The molecule has 1 heterocycles. The minimum absolute atomic E-state index is 0.323. The summed E-state index contributed by atoms with van der Waals surface area (Å²) in [4.78, 5) is 6.06. The average molecular weight is 257 g/mol.